The standard InChI is InChI=1S/C25H24ClNO2/c1-25(2,3)20-12-10-18(11-13-20)24(29)19-7-5-9-22(16-19)27-23(28)15-17-6-4-8-21(26)14-17/h4-14,16H,15H2,1-3H3,(H,27,28). The first-order valence-electron chi connectivity index (χ1n) is 9.52. The molecule has 0 saturated heterocycles. The van der Waals surface area contributed by atoms with Crippen LogP contribution in [0.4, 0.5) is 5.69 Å². The van der Waals surface area contributed by atoms with Crippen LogP contribution in [0, 0.1) is 0 Å². The maximum absolute atomic E-state index is 12.8. The Kier molecular flexibility index (Phi) is 6.19. The number of halogens is 1. The van der Waals surface area contributed by atoms with Crippen molar-refractivity contribution in [2.24, 2.45) is 0 Å². The van der Waals surface area contributed by atoms with Gasteiger partial charge in [0.05, 0.1) is 6.42 Å². The molecule has 0 heterocycles. The van der Waals surface area contributed by atoms with E-state index in [0.717, 1.165) is 5.56 Å². The number of hydrogen-bond donors (Lipinski definition) is 1. The first-order chi connectivity index (χ1) is 13.7. The summed E-state index contributed by atoms with van der Waals surface area (Å²) in [5.41, 5.74) is 3.80. The molecule has 3 aromatic carbocycles. The molecule has 0 spiro atoms. The Bertz CT molecular complexity index is 1030. The Morgan fingerprint density at radius 2 is 1.55 bits per heavy atom. The lowest BCUT2D eigenvalue weighted by Crippen LogP contribution is -2.15. The quantitative estimate of drug-likeness (QED) is 0.525. The Hall–Kier alpha value is -2.91. The van der Waals surface area contributed by atoms with Crippen molar-refractivity contribution in [3.8, 4) is 0 Å². The van der Waals surface area contributed by atoms with E-state index in [9.17, 15) is 9.59 Å². The van der Waals surface area contributed by atoms with Gasteiger partial charge < -0.3 is 5.32 Å². The van der Waals surface area contributed by atoms with Crippen molar-refractivity contribution in [2.75, 3.05) is 5.32 Å². The van der Waals surface area contributed by atoms with Gasteiger partial charge in [-0.1, -0.05) is 80.9 Å². The minimum absolute atomic E-state index is 0.0365. The van der Waals surface area contributed by atoms with Crippen LogP contribution in [0.2, 0.25) is 5.02 Å². The second-order valence-corrected chi connectivity index (χ2v) is 8.53. The molecule has 0 aliphatic rings. The molecule has 3 rings (SSSR count). The number of carbonyl (C=O) groups excluding carboxylic acids is 2. The van der Waals surface area contributed by atoms with E-state index in [0.29, 0.717) is 21.8 Å². The molecule has 3 nitrogen and oxygen atoms in total. The normalized spacial score (nSPS) is 11.2. The molecule has 3 aromatic rings. The summed E-state index contributed by atoms with van der Waals surface area (Å²) in [6, 6.07) is 21.9. The summed E-state index contributed by atoms with van der Waals surface area (Å²) < 4.78 is 0. The number of hydrogen-bond acceptors (Lipinski definition) is 2. The zero-order valence-corrected chi connectivity index (χ0v) is 17.6. The van der Waals surface area contributed by atoms with Crippen molar-refractivity contribution in [1.82, 2.24) is 0 Å². The predicted molar refractivity (Wildman–Crippen MR) is 119 cm³/mol. The van der Waals surface area contributed by atoms with Gasteiger partial charge in [-0.05, 0) is 40.8 Å². The van der Waals surface area contributed by atoms with Crippen LogP contribution in [-0.2, 0) is 16.6 Å². The fourth-order valence-electron chi connectivity index (χ4n) is 3.06. The summed E-state index contributed by atoms with van der Waals surface area (Å²) >= 11 is 5.97. The number of nitrogens with one attached hydrogen (secondary N) is 1. The highest BCUT2D eigenvalue weighted by molar-refractivity contribution is 6.30. The Morgan fingerprint density at radius 3 is 2.21 bits per heavy atom. The molecule has 0 aromatic heterocycles. The molecule has 0 aliphatic heterocycles. The second-order valence-electron chi connectivity index (χ2n) is 8.09. The molecule has 148 valence electrons. The maximum atomic E-state index is 12.8. The maximum Gasteiger partial charge on any atom is 0.228 e. The molecule has 0 bridgehead atoms. The van der Waals surface area contributed by atoms with E-state index in [1.54, 1.807) is 36.4 Å². The van der Waals surface area contributed by atoms with Gasteiger partial charge in [0, 0.05) is 21.8 Å². The van der Waals surface area contributed by atoms with Crippen LogP contribution >= 0.6 is 11.6 Å². The van der Waals surface area contributed by atoms with Gasteiger partial charge >= 0.3 is 0 Å². The van der Waals surface area contributed by atoms with Crippen LogP contribution in [-0.4, -0.2) is 11.7 Å². The van der Waals surface area contributed by atoms with Gasteiger partial charge in [0.25, 0.3) is 0 Å². The van der Waals surface area contributed by atoms with Crippen LogP contribution in [0.3, 0.4) is 0 Å². The third kappa shape index (κ3) is 5.55. The van der Waals surface area contributed by atoms with Gasteiger partial charge in [-0.25, -0.2) is 0 Å². The third-order valence-corrected chi connectivity index (χ3v) is 4.91. The van der Waals surface area contributed by atoms with Crippen molar-refractivity contribution in [1.29, 1.82) is 0 Å². The van der Waals surface area contributed by atoms with Crippen molar-refractivity contribution in [3.05, 3.63) is 100 Å². The minimum atomic E-state index is -0.161. The van der Waals surface area contributed by atoms with E-state index in [1.165, 1.54) is 5.56 Å². The monoisotopic (exact) mass is 405 g/mol. The first kappa shape index (κ1) is 20.8. The molecule has 0 aliphatic carbocycles. The third-order valence-electron chi connectivity index (χ3n) is 4.68. The average molecular weight is 406 g/mol. The summed E-state index contributed by atoms with van der Waals surface area (Å²) in [5.74, 6) is -0.234. The van der Waals surface area contributed by atoms with Crippen molar-refractivity contribution in [3.63, 3.8) is 0 Å². The van der Waals surface area contributed by atoms with E-state index in [-0.39, 0.29) is 23.5 Å². The summed E-state index contributed by atoms with van der Waals surface area (Å²) in [6.45, 7) is 6.41. The summed E-state index contributed by atoms with van der Waals surface area (Å²) in [6.07, 6.45) is 0.215. The highest BCUT2D eigenvalue weighted by atomic mass is 35.5. The van der Waals surface area contributed by atoms with Gasteiger partial charge in [-0.2, -0.15) is 0 Å². The smallest absolute Gasteiger partial charge is 0.228 e. The molecular formula is C25H24ClNO2. The van der Waals surface area contributed by atoms with E-state index in [2.05, 4.69) is 26.1 Å². The van der Waals surface area contributed by atoms with Gasteiger partial charge in [0.2, 0.25) is 5.91 Å². The van der Waals surface area contributed by atoms with E-state index >= 15 is 0 Å². The number of benzene rings is 3. The Balaban J connectivity index is 1.71. The SMILES string of the molecule is CC(C)(C)c1ccc(C(=O)c2cccc(NC(=O)Cc3cccc(Cl)c3)c2)cc1. The van der Waals surface area contributed by atoms with E-state index in [1.807, 2.05) is 36.4 Å². The molecule has 0 unspecified atom stereocenters. The topological polar surface area (TPSA) is 46.2 Å². The van der Waals surface area contributed by atoms with Crippen LogP contribution in [0.15, 0.2) is 72.8 Å². The molecule has 0 radical (unpaired) electrons. The van der Waals surface area contributed by atoms with Crippen molar-refractivity contribution < 1.29 is 9.59 Å². The molecule has 1 amide bonds. The lowest BCUT2D eigenvalue weighted by molar-refractivity contribution is -0.115. The first-order valence-corrected chi connectivity index (χ1v) is 9.90. The van der Waals surface area contributed by atoms with Crippen LogP contribution < -0.4 is 5.32 Å². The Labute approximate surface area is 176 Å². The zero-order valence-electron chi connectivity index (χ0n) is 16.8. The number of rotatable bonds is 5. The van der Waals surface area contributed by atoms with Crippen LogP contribution in [0.1, 0.15) is 47.8 Å². The summed E-state index contributed by atoms with van der Waals surface area (Å²) in [7, 11) is 0. The summed E-state index contributed by atoms with van der Waals surface area (Å²) in [5, 5.41) is 3.45. The molecule has 0 fully saturated rings. The van der Waals surface area contributed by atoms with Crippen LogP contribution in [0.25, 0.3) is 0 Å². The van der Waals surface area contributed by atoms with Crippen molar-refractivity contribution in [2.45, 2.75) is 32.6 Å². The number of carbonyl (C=O) groups is 2. The number of anilines is 1. The highest BCUT2D eigenvalue weighted by Gasteiger charge is 2.15. The lowest BCUT2D eigenvalue weighted by atomic mass is 9.86. The largest absolute Gasteiger partial charge is 0.326 e. The minimum Gasteiger partial charge on any atom is -0.326 e. The fourth-order valence-corrected chi connectivity index (χ4v) is 3.28. The van der Waals surface area contributed by atoms with E-state index in [4.69, 9.17) is 11.6 Å². The molecule has 1 N–H and O–H groups in total. The Morgan fingerprint density at radius 1 is 0.862 bits per heavy atom. The van der Waals surface area contributed by atoms with Gasteiger partial charge in [0.1, 0.15) is 0 Å². The second kappa shape index (κ2) is 8.62. The predicted octanol–water partition coefficient (Wildman–Crippen LogP) is 6.05. The molecule has 0 saturated carbocycles. The summed E-state index contributed by atoms with van der Waals surface area (Å²) in [4.78, 5) is 25.2. The van der Waals surface area contributed by atoms with Gasteiger partial charge in [-0.3, -0.25) is 9.59 Å². The van der Waals surface area contributed by atoms with Gasteiger partial charge in [0.15, 0.2) is 5.78 Å². The molecular weight excluding hydrogens is 382 g/mol. The zero-order chi connectivity index (χ0) is 21.0. The number of ketones is 1. The molecule has 0 atom stereocenters. The lowest BCUT2D eigenvalue weighted by Gasteiger charge is -2.19. The number of amides is 1. The fraction of sp³-hybridized carbons (Fsp3) is 0.200. The molecule has 29 heavy (non-hydrogen) atoms. The molecule has 4 heteroatoms. The average Bonchev–Trinajstić information content (AvgIpc) is 2.67. The van der Waals surface area contributed by atoms with Gasteiger partial charge in [-0.15, -0.1) is 0 Å². The van der Waals surface area contributed by atoms with Crippen LogP contribution in [0.5, 0.6) is 0 Å². The van der Waals surface area contributed by atoms with Crippen molar-refractivity contribution >= 4 is 29.0 Å². The van der Waals surface area contributed by atoms with E-state index < -0.39 is 0 Å². The highest BCUT2D eigenvalue weighted by Crippen LogP contribution is 2.23.